The van der Waals surface area contributed by atoms with Crippen molar-refractivity contribution in [1.29, 1.82) is 0 Å². The zero-order chi connectivity index (χ0) is 19.8. The highest BCUT2D eigenvalue weighted by Crippen LogP contribution is 2.21. The number of hydrogen-bond donors (Lipinski definition) is 2. The van der Waals surface area contributed by atoms with E-state index in [-0.39, 0.29) is 11.9 Å². The second-order valence-corrected chi connectivity index (χ2v) is 6.52. The van der Waals surface area contributed by atoms with Crippen molar-refractivity contribution >= 4 is 34.9 Å². The van der Waals surface area contributed by atoms with Crippen LogP contribution in [-0.4, -0.2) is 37.0 Å². The lowest BCUT2D eigenvalue weighted by Crippen LogP contribution is -2.34. The molecule has 0 atom stereocenters. The van der Waals surface area contributed by atoms with Crippen LogP contribution < -0.4 is 15.4 Å². The number of urea groups is 1. The summed E-state index contributed by atoms with van der Waals surface area (Å²) in [7, 11) is 1.69. The average molecular weight is 390 g/mol. The normalized spacial score (nSPS) is 10.2. The van der Waals surface area contributed by atoms with Crippen LogP contribution in [0, 0.1) is 6.92 Å². The maximum Gasteiger partial charge on any atom is 0.321 e. The van der Waals surface area contributed by atoms with Crippen LogP contribution in [0.2, 0.25) is 5.02 Å². The number of nitrogens with one attached hydrogen (secondary N) is 2. The van der Waals surface area contributed by atoms with E-state index in [9.17, 15) is 9.59 Å². The second kappa shape index (κ2) is 9.83. The van der Waals surface area contributed by atoms with Crippen LogP contribution in [-0.2, 0) is 4.79 Å². The standard InChI is InChI=1S/C20H24ClN3O3/c1-4-19(25)22-16-8-5-14(2)18(13-16)23-20(26)24(3)11-12-27-17-9-6-15(21)7-10-17/h5-10,13H,4,11-12H2,1-3H3,(H,22,25)(H,23,26). The Hall–Kier alpha value is -2.73. The van der Waals surface area contributed by atoms with Crippen molar-refractivity contribution in [2.75, 3.05) is 30.8 Å². The molecule has 6 nitrogen and oxygen atoms in total. The number of aryl methyl sites for hydroxylation is 1. The van der Waals surface area contributed by atoms with Gasteiger partial charge in [0, 0.05) is 29.9 Å². The van der Waals surface area contributed by atoms with E-state index in [1.54, 1.807) is 44.3 Å². The fraction of sp³-hybridized carbons (Fsp3) is 0.300. The van der Waals surface area contributed by atoms with Crippen LogP contribution in [0.3, 0.4) is 0 Å². The number of carbonyl (C=O) groups is 2. The van der Waals surface area contributed by atoms with Gasteiger partial charge in [-0.15, -0.1) is 0 Å². The quantitative estimate of drug-likeness (QED) is 0.730. The van der Waals surface area contributed by atoms with Crippen molar-refractivity contribution < 1.29 is 14.3 Å². The third-order valence-corrected chi connectivity index (χ3v) is 4.19. The lowest BCUT2D eigenvalue weighted by Gasteiger charge is -2.19. The molecule has 2 aromatic carbocycles. The summed E-state index contributed by atoms with van der Waals surface area (Å²) in [6.45, 7) is 4.45. The zero-order valence-corrected chi connectivity index (χ0v) is 16.5. The molecule has 7 heteroatoms. The van der Waals surface area contributed by atoms with Gasteiger partial charge in [0.15, 0.2) is 0 Å². The van der Waals surface area contributed by atoms with Gasteiger partial charge in [0.25, 0.3) is 0 Å². The maximum atomic E-state index is 12.4. The molecule has 0 unspecified atom stereocenters. The summed E-state index contributed by atoms with van der Waals surface area (Å²) in [4.78, 5) is 25.5. The van der Waals surface area contributed by atoms with E-state index in [1.165, 1.54) is 4.90 Å². The van der Waals surface area contributed by atoms with E-state index in [4.69, 9.17) is 16.3 Å². The van der Waals surface area contributed by atoms with Crippen LogP contribution in [0.25, 0.3) is 0 Å². The van der Waals surface area contributed by atoms with Gasteiger partial charge in [0.05, 0.1) is 6.54 Å². The third kappa shape index (κ3) is 6.49. The summed E-state index contributed by atoms with van der Waals surface area (Å²) < 4.78 is 5.60. The topological polar surface area (TPSA) is 70.7 Å². The fourth-order valence-corrected chi connectivity index (χ4v) is 2.35. The van der Waals surface area contributed by atoms with Gasteiger partial charge in [-0.1, -0.05) is 24.6 Å². The molecule has 27 heavy (non-hydrogen) atoms. The molecule has 0 aliphatic heterocycles. The number of likely N-dealkylation sites (N-methyl/N-ethyl adjacent to an activating group) is 1. The Bertz CT molecular complexity index is 794. The maximum absolute atomic E-state index is 12.4. The summed E-state index contributed by atoms with van der Waals surface area (Å²) in [6.07, 6.45) is 0.395. The Balaban J connectivity index is 1.88. The van der Waals surface area contributed by atoms with Crippen molar-refractivity contribution in [3.63, 3.8) is 0 Å². The molecule has 0 saturated heterocycles. The Morgan fingerprint density at radius 2 is 1.81 bits per heavy atom. The van der Waals surface area contributed by atoms with E-state index in [1.807, 2.05) is 19.1 Å². The number of hydrogen-bond acceptors (Lipinski definition) is 3. The van der Waals surface area contributed by atoms with Crippen molar-refractivity contribution in [1.82, 2.24) is 4.90 Å². The van der Waals surface area contributed by atoms with E-state index in [0.29, 0.717) is 41.7 Å². The predicted octanol–water partition coefficient (Wildman–Crippen LogP) is 4.54. The molecule has 3 amide bonds. The van der Waals surface area contributed by atoms with Crippen LogP contribution in [0.1, 0.15) is 18.9 Å². The average Bonchev–Trinajstić information content (AvgIpc) is 2.65. The predicted molar refractivity (Wildman–Crippen MR) is 109 cm³/mol. The largest absolute Gasteiger partial charge is 0.492 e. The Labute approximate surface area is 164 Å². The van der Waals surface area contributed by atoms with E-state index in [0.717, 1.165) is 5.56 Å². The lowest BCUT2D eigenvalue weighted by atomic mass is 10.1. The molecule has 0 spiro atoms. The number of benzene rings is 2. The smallest absolute Gasteiger partial charge is 0.321 e. The number of ether oxygens (including phenoxy) is 1. The minimum Gasteiger partial charge on any atom is -0.492 e. The number of amides is 3. The molecule has 0 saturated carbocycles. The van der Waals surface area contributed by atoms with Gasteiger partial charge in [-0.2, -0.15) is 0 Å². The summed E-state index contributed by atoms with van der Waals surface area (Å²) in [6, 6.07) is 12.2. The first-order valence-electron chi connectivity index (χ1n) is 8.70. The molecule has 2 rings (SSSR count). The van der Waals surface area contributed by atoms with Crippen molar-refractivity contribution in [3.05, 3.63) is 53.1 Å². The van der Waals surface area contributed by atoms with Crippen LogP contribution >= 0.6 is 11.6 Å². The summed E-state index contributed by atoms with van der Waals surface area (Å²) in [5.41, 5.74) is 2.21. The van der Waals surface area contributed by atoms with Gasteiger partial charge < -0.3 is 20.3 Å². The first kappa shape index (κ1) is 20.6. The zero-order valence-electron chi connectivity index (χ0n) is 15.7. The van der Waals surface area contributed by atoms with Gasteiger partial charge in [-0.05, 0) is 48.9 Å². The van der Waals surface area contributed by atoms with Gasteiger partial charge in [0.1, 0.15) is 12.4 Å². The lowest BCUT2D eigenvalue weighted by molar-refractivity contribution is -0.115. The van der Waals surface area contributed by atoms with Crippen molar-refractivity contribution in [3.8, 4) is 5.75 Å². The molecular weight excluding hydrogens is 366 g/mol. The SMILES string of the molecule is CCC(=O)Nc1ccc(C)c(NC(=O)N(C)CCOc2ccc(Cl)cc2)c1. The minimum atomic E-state index is -0.253. The first-order chi connectivity index (χ1) is 12.9. The summed E-state index contributed by atoms with van der Waals surface area (Å²) in [5, 5.41) is 6.29. The van der Waals surface area contributed by atoms with Crippen molar-refractivity contribution in [2.24, 2.45) is 0 Å². The molecule has 0 bridgehead atoms. The highest BCUT2D eigenvalue weighted by Gasteiger charge is 2.11. The van der Waals surface area contributed by atoms with Crippen LogP contribution in [0.15, 0.2) is 42.5 Å². The Morgan fingerprint density at radius 1 is 1.11 bits per heavy atom. The highest BCUT2D eigenvalue weighted by atomic mass is 35.5. The fourth-order valence-electron chi connectivity index (χ4n) is 2.23. The van der Waals surface area contributed by atoms with E-state index >= 15 is 0 Å². The minimum absolute atomic E-state index is 0.0763. The molecule has 0 radical (unpaired) electrons. The number of nitrogens with zero attached hydrogens (tertiary/aromatic N) is 1. The number of rotatable bonds is 7. The molecule has 0 aliphatic carbocycles. The van der Waals surface area contributed by atoms with E-state index < -0.39 is 0 Å². The highest BCUT2D eigenvalue weighted by molar-refractivity contribution is 6.30. The summed E-state index contributed by atoms with van der Waals surface area (Å²) >= 11 is 5.83. The first-order valence-corrected chi connectivity index (χ1v) is 9.08. The Kier molecular flexibility index (Phi) is 7.49. The molecular formula is C20H24ClN3O3. The number of carbonyl (C=O) groups excluding carboxylic acids is 2. The van der Waals surface area contributed by atoms with Crippen molar-refractivity contribution in [2.45, 2.75) is 20.3 Å². The van der Waals surface area contributed by atoms with Crippen LogP contribution in [0.4, 0.5) is 16.2 Å². The molecule has 0 aliphatic rings. The number of anilines is 2. The van der Waals surface area contributed by atoms with Gasteiger partial charge in [-0.25, -0.2) is 4.79 Å². The number of halogens is 1. The molecule has 2 aromatic rings. The second-order valence-electron chi connectivity index (χ2n) is 6.09. The monoisotopic (exact) mass is 389 g/mol. The van der Waals surface area contributed by atoms with Gasteiger partial charge in [-0.3, -0.25) is 4.79 Å². The summed E-state index contributed by atoms with van der Waals surface area (Å²) in [5.74, 6) is 0.621. The van der Waals surface area contributed by atoms with Gasteiger partial charge >= 0.3 is 6.03 Å². The van der Waals surface area contributed by atoms with Crippen LogP contribution in [0.5, 0.6) is 5.75 Å². The van der Waals surface area contributed by atoms with E-state index in [2.05, 4.69) is 10.6 Å². The third-order valence-electron chi connectivity index (χ3n) is 3.94. The Morgan fingerprint density at radius 3 is 2.48 bits per heavy atom. The van der Waals surface area contributed by atoms with Gasteiger partial charge in [0.2, 0.25) is 5.91 Å². The molecule has 0 fully saturated rings. The molecule has 144 valence electrons. The molecule has 0 aromatic heterocycles. The molecule has 2 N–H and O–H groups in total. The molecule has 0 heterocycles.